The summed E-state index contributed by atoms with van der Waals surface area (Å²) in [7, 11) is 3.76. The van der Waals surface area contributed by atoms with Crippen LogP contribution in [0.15, 0.2) is 30.6 Å². The predicted molar refractivity (Wildman–Crippen MR) is 131 cm³/mol. The van der Waals surface area contributed by atoms with Crippen LogP contribution in [-0.4, -0.2) is 48.7 Å². The van der Waals surface area contributed by atoms with E-state index >= 15 is 0 Å². The van der Waals surface area contributed by atoms with E-state index in [2.05, 4.69) is 27.2 Å². The van der Waals surface area contributed by atoms with Crippen LogP contribution >= 0.6 is 24.0 Å². The van der Waals surface area contributed by atoms with Gasteiger partial charge in [-0.15, -0.1) is 12.4 Å². The molecule has 1 saturated heterocycles. The zero-order valence-corrected chi connectivity index (χ0v) is 20.4. The molecule has 34 heavy (non-hydrogen) atoms. The van der Waals surface area contributed by atoms with Crippen LogP contribution in [0, 0.1) is 29.4 Å². The first-order valence-corrected chi connectivity index (χ1v) is 11.3. The molecule has 2 fully saturated rings. The number of halogens is 4. The molecular formula is C24H26Cl2F2N4O2. The monoisotopic (exact) mass is 510 g/mol. The van der Waals surface area contributed by atoms with Gasteiger partial charge in [-0.3, -0.25) is 0 Å². The third kappa shape index (κ3) is 4.72. The number of ether oxygens (including phenoxy) is 2. The standard InChI is InChI=1S/C24H25ClF2N4O2.ClH/c1-31-9-14-5-13(6-15(14)10-31)11-33-21-8-19-16(7-20(21)32-2)24(29-12-28-19)30-18-4-3-17(26)22(25)23(18)27;/h3-4,7-8,12-15H,5-6,9-11H2,1-2H3,(H,28,29,30);1H/t13-,14-,15?;/m1./s1. The highest BCUT2D eigenvalue weighted by Gasteiger charge is 2.39. The number of hydrogen-bond acceptors (Lipinski definition) is 6. The van der Waals surface area contributed by atoms with Gasteiger partial charge in [0.25, 0.3) is 0 Å². The van der Waals surface area contributed by atoms with Gasteiger partial charge in [-0.2, -0.15) is 0 Å². The fourth-order valence-corrected chi connectivity index (χ4v) is 5.35. The molecule has 10 heteroatoms. The molecule has 1 unspecified atom stereocenters. The normalized spacial score (nSPS) is 21.9. The lowest BCUT2D eigenvalue weighted by Gasteiger charge is -2.17. The summed E-state index contributed by atoms with van der Waals surface area (Å²) in [5.41, 5.74) is 0.625. The number of aromatic nitrogens is 2. The van der Waals surface area contributed by atoms with E-state index in [1.165, 1.54) is 38.3 Å². The van der Waals surface area contributed by atoms with E-state index in [0.717, 1.165) is 17.9 Å². The second-order valence-electron chi connectivity index (χ2n) is 8.98. The highest BCUT2D eigenvalue weighted by molar-refractivity contribution is 6.31. The third-order valence-electron chi connectivity index (χ3n) is 6.71. The summed E-state index contributed by atoms with van der Waals surface area (Å²) in [4.78, 5) is 11.0. The highest BCUT2D eigenvalue weighted by atomic mass is 35.5. The number of benzene rings is 2. The lowest BCUT2D eigenvalue weighted by molar-refractivity contribution is 0.227. The number of fused-ring (bicyclic) bond motifs is 2. The van der Waals surface area contributed by atoms with Crippen molar-refractivity contribution in [3.8, 4) is 11.5 Å². The Bertz CT molecular complexity index is 1190. The van der Waals surface area contributed by atoms with Crippen molar-refractivity contribution in [3.63, 3.8) is 0 Å². The SMILES string of the molecule is COc1cc2c(Nc3ccc(F)c(Cl)c3F)ncnc2cc1OC[C@H]1CC2CN(C)C[C@H]2C1.Cl. The number of rotatable bonds is 6. The number of anilines is 2. The minimum absolute atomic E-state index is 0. The van der Waals surface area contributed by atoms with Crippen LogP contribution < -0.4 is 14.8 Å². The van der Waals surface area contributed by atoms with Gasteiger partial charge < -0.3 is 19.7 Å². The summed E-state index contributed by atoms with van der Waals surface area (Å²) in [6.45, 7) is 2.98. The van der Waals surface area contributed by atoms with Crippen molar-refractivity contribution in [2.24, 2.45) is 17.8 Å². The minimum atomic E-state index is -0.886. The topological polar surface area (TPSA) is 59.5 Å². The molecule has 1 aliphatic carbocycles. The maximum Gasteiger partial charge on any atom is 0.168 e. The molecule has 2 aliphatic rings. The Morgan fingerprint density at radius 2 is 1.85 bits per heavy atom. The largest absolute Gasteiger partial charge is 0.493 e. The second-order valence-corrected chi connectivity index (χ2v) is 9.36. The number of nitrogens with one attached hydrogen (secondary N) is 1. The molecule has 3 aromatic rings. The lowest BCUT2D eigenvalue weighted by Crippen LogP contribution is -2.18. The summed E-state index contributed by atoms with van der Waals surface area (Å²) in [6, 6.07) is 5.93. The highest BCUT2D eigenvalue weighted by Crippen LogP contribution is 2.42. The molecule has 3 atom stereocenters. The Labute approximate surface area is 208 Å². The average molecular weight is 511 g/mol. The number of likely N-dealkylation sites (tertiary alicyclic amines) is 1. The molecule has 1 N–H and O–H groups in total. The van der Waals surface area contributed by atoms with Crippen LogP contribution in [-0.2, 0) is 0 Å². The molecule has 2 aromatic carbocycles. The van der Waals surface area contributed by atoms with Crippen molar-refractivity contribution in [1.82, 2.24) is 14.9 Å². The quantitative estimate of drug-likeness (QED) is 0.429. The van der Waals surface area contributed by atoms with E-state index < -0.39 is 16.7 Å². The van der Waals surface area contributed by atoms with Crippen LogP contribution in [0.25, 0.3) is 10.9 Å². The van der Waals surface area contributed by atoms with Gasteiger partial charge >= 0.3 is 0 Å². The molecule has 1 aromatic heterocycles. The maximum absolute atomic E-state index is 14.4. The molecular weight excluding hydrogens is 485 g/mol. The van der Waals surface area contributed by atoms with Gasteiger partial charge in [-0.05, 0) is 55.8 Å². The number of methoxy groups -OCH3 is 1. The molecule has 0 amide bonds. The fourth-order valence-electron chi connectivity index (χ4n) is 5.19. The van der Waals surface area contributed by atoms with Gasteiger partial charge in [-0.1, -0.05) is 11.6 Å². The molecule has 0 spiro atoms. The van der Waals surface area contributed by atoms with Crippen molar-refractivity contribution in [2.45, 2.75) is 12.8 Å². The van der Waals surface area contributed by atoms with Crippen LogP contribution in [0.4, 0.5) is 20.3 Å². The van der Waals surface area contributed by atoms with Gasteiger partial charge in [0.15, 0.2) is 17.3 Å². The van der Waals surface area contributed by atoms with E-state index in [1.807, 2.05) is 0 Å². The Hall–Kier alpha value is -2.42. The van der Waals surface area contributed by atoms with Crippen LogP contribution in [0.3, 0.4) is 0 Å². The number of nitrogens with zero attached hydrogens (tertiary/aromatic N) is 3. The molecule has 1 aliphatic heterocycles. The Balaban J connectivity index is 0.00000274. The van der Waals surface area contributed by atoms with E-state index in [0.29, 0.717) is 40.7 Å². The average Bonchev–Trinajstić information content (AvgIpc) is 3.34. The molecule has 2 heterocycles. The van der Waals surface area contributed by atoms with Gasteiger partial charge in [0.1, 0.15) is 23.0 Å². The van der Waals surface area contributed by atoms with Gasteiger partial charge in [0.05, 0.1) is 24.9 Å². The van der Waals surface area contributed by atoms with Crippen LogP contribution in [0.5, 0.6) is 11.5 Å². The van der Waals surface area contributed by atoms with Crippen LogP contribution in [0.1, 0.15) is 12.8 Å². The van der Waals surface area contributed by atoms with Crippen molar-refractivity contribution < 1.29 is 18.3 Å². The molecule has 0 bridgehead atoms. The van der Waals surface area contributed by atoms with Gasteiger partial charge in [0, 0.05) is 24.5 Å². The van der Waals surface area contributed by atoms with E-state index in [9.17, 15) is 8.78 Å². The van der Waals surface area contributed by atoms with E-state index in [4.69, 9.17) is 21.1 Å². The first-order valence-electron chi connectivity index (χ1n) is 11.0. The summed E-state index contributed by atoms with van der Waals surface area (Å²) in [5, 5.41) is 2.92. The summed E-state index contributed by atoms with van der Waals surface area (Å²) in [5.74, 6) is 1.85. The molecule has 0 radical (unpaired) electrons. The first kappa shape index (κ1) is 24.7. The summed E-state index contributed by atoms with van der Waals surface area (Å²) < 4.78 is 39.6. The number of hydrogen-bond donors (Lipinski definition) is 1. The summed E-state index contributed by atoms with van der Waals surface area (Å²) >= 11 is 5.70. The van der Waals surface area contributed by atoms with E-state index in [1.54, 1.807) is 19.2 Å². The minimum Gasteiger partial charge on any atom is -0.493 e. The fraction of sp³-hybridized carbons (Fsp3) is 0.417. The van der Waals surface area contributed by atoms with Crippen molar-refractivity contribution in [3.05, 3.63) is 47.2 Å². The lowest BCUT2D eigenvalue weighted by atomic mass is 10.0. The molecule has 182 valence electrons. The van der Waals surface area contributed by atoms with Crippen molar-refractivity contribution in [2.75, 3.05) is 39.2 Å². The molecule has 5 rings (SSSR count). The zero-order chi connectivity index (χ0) is 23.1. The third-order valence-corrected chi connectivity index (χ3v) is 7.06. The van der Waals surface area contributed by atoms with Crippen molar-refractivity contribution in [1.29, 1.82) is 0 Å². The smallest absolute Gasteiger partial charge is 0.168 e. The summed E-state index contributed by atoms with van der Waals surface area (Å²) in [6.07, 6.45) is 3.75. The molecule has 6 nitrogen and oxygen atoms in total. The predicted octanol–water partition coefficient (Wildman–Crippen LogP) is 5.70. The second kappa shape index (κ2) is 10.1. The first-order chi connectivity index (χ1) is 15.9. The van der Waals surface area contributed by atoms with E-state index in [-0.39, 0.29) is 18.1 Å². The van der Waals surface area contributed by atoms with Gasteiger partial charge in [0.2, 0.25) is 0 Å². The maximum atomic E-state index is 14.4. The molecule has 1 saturated carbocycles. The zero-order valence-electron chi connectivity index (χ0n) is 18.9. The Morgan fingerprint density at radius 1 is 1.12 bits per heavy atom. The Morgan fingerprint density at radius 3 is 2.56 bits per heavy atom. The van der Waals surface area contributed by atoms with Gasteiger partial charge in [-0.25, -0.2) is 18.7 Å². The van der Waals surface area contributed by atoms with Crippen LogP contribution in [0.2, 0.25) is 5.02 Å². The Kier molecular flexibility index (Phi) is 7.31. The van der Waals surface area contributed by atoms with Crippen molar-refractivity contribution >= 4 is 46.4 Å².